The Hall–Kier alpha value is -1.39. The van der Waals surface area contributed by atoms with E-state index < -0.39 is 0 Å². The first kappa shape index (κ1) is 14.0. The number of amides is 1. The number of hydrogen-bond acceptors (Lipinski definition) is 3. The van der Waals surface area contributed by atoms with Gasteiger partial charge in [0.05, 0.1) is 0 Å². The first-order valence-corrected chi connectivity index (χ1v) is 6.83. The fourth-order valence-electron chi connectivity index (χ4n) is 2.60. The first-order chi connectivity index (χ1) is 9.09. The molecule has 19 heavy (non-hydrogen) atoms. The van der Waals surface area contributed by atoms with E-state index in [4.69, 9.17) is 0 Å². The van der Waals surface area contributed by atoms with Crippen LogP contribution in [0.25, 0.3) is 0 Å². The van der Waals surface area contributed by atoms with Crippen molar-refractivity contribution in [3.63, 3.8) is 0 Å². The maximum absolute atomic E-state index is 12.7. The average molecular weight is 261 g/mol. The molecule has 0 aliphatic carbocycles. The molecule has 0 saturated carbocycles. The maximum Gasteiger partial charge on any atom is 0.244 e. The van der Waals surface area contributed by atoms with Gasteiger partial charge in [-0.05, 0) is 26.6 Å². The third kappa shape index (κ3) is 3.33. The summed E-state index contributed by atoms with van der Waals surface area (Å²) < 4.78 is 0. The molecule has 1 aliphatic heterocycles. The number of carbonyl (C=O) groups is 1. The summed E-state index contributed by atoms with van der Waals surface area (Å²) in [6.45, 7) is 4.57. The summed E-state index contributed by atoms with van der Waals surface area (Å²) in [5, 5.41) is 3.37. The van der Waals surface area contributed by atoms with E-state index in [2.05, 4.69) is 12.2 Å². The fourth-order valence-corrected chi connectivity index (χ4v) is 2.60. The average Bonchev–Trinajstić information content (AvgIpc) is 2.39. The predicted molar refractivity (Wildman–Crippen MR) is 76.9 cm³/mol. The molecule has 0 bridgehead atoms. The lowest BCUT2D eigenvalue weighted by atomic mass is 10.0. The van der Waals surface area contributed by atoms with E-state index >= 15 is 0 Å². The number of hydrogen-bond donors (Lipinski definition) is 1. The van der Waals surface area contributed by atoms with Crippen molar-refractivity contribution in [2.75, 3.05) is 33.7 Å². The van der Waals surface area contributed by atoms with E-state index in [1.165, 1.54) is 0 Å². The molecular weight excluding hydrogens is 238 g/mol. The lowest BCUT2D eigenvalue weighted by Crippen LogP contribution is -2.53. The lowest BCUT2D eigenvalue weighted by molar-refractivity contribution is -0.137. The Kier molecular flexibility index (Phi) is 4.56. The second-order valence-corrected chi connectivity index (χ2v) is 5.42. The van der Waals surface area contributed by atoms with E-state index in [0.717, 1.165) is 25.2 Å². The molecule has 0 aromatic heterocycles. The molecule has 1 heterocycles. The number of carbonyl (C=O) groups excluding carboxylic acids is 1. The van der Waals surface area contributed by atoms with Crippen molar-refractivity contribution in [2.24, 2.45) is 0 Å². The number of likely N-dealkylation sites (N-methyl/N-ethyl adjacent to an activating group) is 1. The van der Waals surface area contributed by atoms with Crippen LogP contribution < -0.4 is 5.32 Å². The number of nitrogens with zero attached hydrogens (tertiary/aromatic N) is 2. The zero-order valence-electron chi connectivity index (χ0n) is 12.0. The van der Waals surface area contributed by atoms with E-state index in [9.17, 15) is 4.79 Å². The van der Waals surface area contributed by atoms with Gasteiger partial charge in [0.1, 0.15) is 6.04 Å². The van der Waals surface area contributed by atoms with Crippen LogP contribution in [0.5, 0.6) is 0 Å². The summed E-state index contributed by atoms with van der Waals surface area (Å²) in [4.78, 5) is 16.7. The molecule has 2 rings (SSSR count). The summed E-state index contributed by atoms with van der Waals surface area (Å²) in [5.74, 6) is 0.199. The Bertz CT molecular complexity index is 419. The van der Waals surface area contributed by atoms with Crippen LogP contribution >= 0.6 is 0 Å². The van der Waals surface area contributed by atoms with Crippen LogP contribution in [0.2, 0.25) is 0 Å². The second kappa shape index (κ2) is 6.17. The van der Waals surface area contributed by atoms with Crippen molar-refractivity contribution in [1.29, 1.82) is 0 Å². The zero-order valence-corrected chi connectivity index (χ0v) is 12.0. The molecule has 0 spiro atoms. The monoisotopic (exact) mass is 261 g/mol. The summed E-state index contributed by atoms with van der Waals surface area (Å²) in [6, 6.07) is 10.2. The molecule has 0 radical (unpaired) electrons. The lowest BCUT2D eigenvalue weighted by Gasteiger charge is -2.36. The van der Waals surface area contributed by atoms with Crippen molar-refractivity contribution in [1.82, 2.24) is 15.1 Å². The van der Waals surface area contributed by atoms with Crippen LogP contribution in [0.4, 0.5) is 0 Å². The zero-order chi connectivity index (χ0) is 13.8. The van der Waals surface area contributed by atoms with Gasteiger partial charge in [0.15, 0.2) is 0 Å². The Morgan fingerprint density at radius 3 is 2.63 bits per heavy atom. The highest BCUT2D eigenvalue weighted by Crippen LogP contribution is 2.21. The Morgan fingerprint density at radius 1 is 1.37 bits per heavy atom. The molecule has 1 saturated heterocycles. The summed E-state index contributed by atoms with van der Waals surface area (Å²) in [5.41, 5.74) is 1.06. The van der Waals surface area contributed by atoms with E-state index in [-0.39, 0.29) is 11.9 Å². The predicted octanol–water partition coefficient (Wildman–Crippen LogP) is 1.11. The van der Waals surface area contributed by atoms with Crippen LogP contribution in [-0.4, -0.2) is 55.5 Å². The van der Waals surface area contributed by atoms with Crippen LogP contribution in [-0.2, 0) is 4.79 Å². The van der Waals surface area contributed by atoms with Gasteiger partial charge in [-0.3, -0.25) is 9.69 Å². The van der Waals surface area contributed by atoms with Crippen molar-refractivity contribution in [3.8, 4) is 0 Å². The third-order valence-corrected chi connectivity index (χ3v) is 3.55. The van der Waals surface area contributed by atoms with Gasteiger partial charge in [-0.1, -0.05) is 30.3 Å². The molecule has 4 heteroatoms. The van der Waals surface area contributed by atoms with Crippen LogP contribution in [0, 0.1) is 0 Å². The van der Waals surface area contributed by atoms with E-state index in [0.29, 0.717) is 6.04 Å². The first-order valence-electron chi connectivity index (χ1n) is 6.83. The smallest absolute Gasteiger partial charge is 0.244 e. The number of nitrogens with one attached hydrogen (secondary N) is 1. The molecule has 1 aromatic carbocycles. The highest BCUT2D eigenvalue weighted by atomic mass is 16.2. The molecular formula is C15H23N3O. The van der Waals surface area contributed by atoms with Gasteiger partial charge in [-0.2, -0.15) is 0 Å². The van der Waals surface area contributed by atoms with Gasteiger partial charge in [-0.25, -0.2) is 0 Å². The molecule has 104 valence electrons. The van der Waals surface area contributed by atoms with Crippen molar-refractivity contribution < 1.29 is 4.79 Å². The minimum Gasteiger partial charge on any atom is -0.338 e. The van der Waals surface area contributed by atoms with Crippen LogP contribution in [0.3, 0.4) is 0 Å². The number of rotatable bonds is 3. The van der Waals surface area contributed by atoms with Gasteiger partial charge in [0, 0.05) is 25.7 Å². The van der Waals surface area contributed by atoms with Gasteiger partial charge < -0.3 is 10.2 Å². The Balaban J connectivity index is 2.17. The van der Waals surface area contributed by atoms with Gasteiger partial charge in [0.2, 0.25) is 5.91 Å². The third-order valence-electron chi connectivity index (χ3n) is 3.55. The number of benzene rings is 1. The molecule has 2 atom stereocenters. The van der Waals surface area contributed by atoms with Crippen LogP contribution in [0.15, 0.2) is 30.3 Å². The SMILES string of the molecule is C[C@H]1CN(C(=O)[C@@H](c2ccccc2)N(C)C)CCN1. The van der Waals surface area contributed by atoms with Gasteiger partial charge >= 0.3 is 0 Å². The Labute approximate surface area is 115 Å². The molecule has 0 unspecified atom stereocenters. The maximum atomic E-state index is 12.7. The topological polar surface area (TPSA) is 35.6 Å². The molecule has 1 aliphatic rings. The number of piperazine rings is 1. The normalized spacial score (nSPS) is 21.5. The largest absolute Gasteiger partial charge is 0.338 e. The van der Waals surface area contributed by atoms with Crippen molar-refractivity contribution in [3.05, 3.63) is 35.9 Å². The Morgan fingerprint density at radius 2 is 2.05 bits per heavy atom. The van der Waals surface area contributed by atoms with Gasteiger partial charge in [0.25, 0.3) is 0 Å². The van der Waals surface area contributed by atoms with Crippen molar-refractivity contribution >= 4 is 5.91 Å². The molecule has 1 amide bonds. The fraction of sp³-hybridized carbons (Fsp3) is 0.533. The second-order valence-electron chi connectivity index (χ2n) is 5.42. The standard InChI is InChI=1S/C15H23N3O/c1-12-11-18(10-9-16-12)15(19)14(17(2)3)13-7-5-4-6-8-13/h4-8,12,14,16H,9-11H2,1-3H3/t12-,14+/m0/s1. The van der Waals surface area contributed by atoms with Crippen LogP contribution in [0.1, 0.15) is 18.5 Å². The quantitative estimate of drug-likeness (QED) is 0.885. The minimum atomic E-state index is -0.188. The molecule has 4 nitrogen and oxygen atoms in total. The minimum absolute atomic E-state index is 0.188. The summed E-state index contributed by atoms with van der Waals surface area (Å²) >= 11 is 0. The van der Waals surface area contributed by atoms with Crippen molar-refractivity contribution in [2.45, 2.75) is 19.0 Å². The molecule has 1 N–H and O–H groups in total. The summed E-state index contributed by atoms with van der Waals surface area (Å²) in [6.07, 6.45) is 0. The molecule has 1 fully saturated rings. The van der Waals surface area contributed by atoms with E-state index in [1.807, 2.05) is 54.2 Å². The highest BCUT2D eigenvalue weighted by Gasteiger charge is 2.29. The van der Waals surface area contributed by atoms with E-state index in [1.54, 1.807) is 0 Å². The molecule has 1 aromatic rings. The highest BCUT2D eigenvalue weighted by molar-refractivity contribution is 5.83. The van der Waals surface area contributed by atoms with Gasteiger partial charge in [-0.15, -0.1) is 0 Å². The summed E-state index contributed by atoms with van der Waals surface area (Å²) in [7, 11) is 3.92.